The Hall–Kier alpha value is -1.75. The van der Waals surface area contributed by atoms with E-state index in [-0.39, 0.29) is 5.92 Å². The maximum absolute atomic E-state index is 11.7. The van der Waals surface area contributed by atoms with Crippen molar-refractivity contribution in [3.05, 3.63) is 34.9 Å². The molecule has 1 aromatic carbocycles. The monoisotopic (exact) mass is 312 g/mol. The lowest BCUT2D eigenvalue weighted by atomic mass is 10.0. The standard InChI is InChI=1S/C15H21ClN2O3/c1-10(2)9-13(14(19)20)18-15(21)17-8-7-11-3-5-12(16)6-4-11/h3-6,10,13H,7-9H2,1-2H3,(H,19,20)(H2,17,18,21)/t13-/m1/s1. The van der Waals surface area contributed by atoms with Crippen LogP contribution in [0.2, 0.25) is 5.02 Å². The zero-order valence-electron chi connectivity index (χ0n) is 12.2. The molecule has 116 valence electrons. The number of halogens is 1. The van der Waals surface area contributed by atoms with Gasteiger partial charge < -0.3 is 15.7 Å². The first-order chi connectivity index (χ1) is 9.88. The van der Waals surface area contributed by atoms with Crippen molar-refractivity contribution in [3.63, 3.8) is 0 Å². The van der Waals surface area contributed by atoms with Gasteiger partial charge in [0.1, 0.15) is 6.04 Å². The largest absolute Gasteiger partial charge is 0.480 e. The van der Waals surface area contributed by atoms with Gasteiger partial charge in [-0.25, -0.2) is 9.59 Å². The van der Waals surface area contributed by atoms with Gasteiger partial charge in [-0.1, -0.05) is 37.6 Å². The molecule has 3 N–H and O–H groups in total. The predicted octanol–water partition coefficient (Wildman–Crippen LogP) is 2.68. The second-order valence-electron chi connectivity index (χ2n) is 5.30. The molecule has 0 fully saturated rings. The van der Waals surface area contributed by atoms with Crippen molar-refractivity contribution < 1.29 is 14.7 Å². The number of aliphatic carboxylic acids is 1. The molecule has 0 aliphatic rings. The summed E-state index contributed by atoms with van der Waals surface area (Å²) in [5, 5.41) is 14.8. The first-order valence-corrected chi connectivity index (χ1v) is 7.28. The summed E-state index contributed by atoms with van der Waals surface area (Å²) < 4.78 is 0. The summed E-state index contributed by atoms with van der Waals surface area (Å²) in [4.78, 5) is 22.7. The first kappa shape index (κ1) is 17.3. The lowest BCUT2D eigenvalue weighted by Crippen LogP contribution is -2.47. The highest BCUT2D eigenvalue weighted by atomic mass is 35.5. The van der Waals surface area contributed by atoms with E-state index in [1.807, 2.05) is 26.0 Å². The highest BCUT2D eigenvalue weighted by Crippen LogP contribution is 2.09. The second kappa shape index (κ2) is 8.52. The van der Waals surface area contributed by atoms with Gasteiger partial charge in [-0.15, -0.1) is 0 Å². The van der Waals surface area contributed by atoms with E-state index in [9.17, 15) is 9.59 Å². The third kappa shape index (κ3) is 6.99. The van der Waals surface area contributed by atoms with Crippen LogP contribution in [-0.2, 0) is 11.2 Å². The molecule has 0 spiro atoms. The van der Waals surface area contributed by atoms with E-state index in [4.69, 9.17) is 16.7 Å². The van der Waals surface area contributed by atoms with Gasteiger partial charge in [0.2, 0.25) is 0 Å². The van der Waals surface area contributed by atoms with E-state index in [1.165, 1.54) is 0 Å². The second-order valence-corrected chi connectivity index (χ2v) is 5.73. The van der Waals surface area contributed by atoms with Crippen LogP contribution in [0, 0.1) is 5.92 Å². The molecular weight excluding hydrogens is 292 g/mol. The van der Waals surface area contributed by atoms with Crippen LogP contribution in [0.4, 0.5) is 4.79 Å². The molecule has 0 aliphatic heterocycles. The summed E-state index contributed by atoms with van der Waals surface area (Å²) in [5.41, 5.74) is 1.05. The predicted molar refractivity (Wildman–Crippen MR) is 82.6 cm³/mol. The Morgan fingerprint density at radius 1 is 1.24 bits per heavy atom. The highest BCUT2D eigenvalue weighted by molar-refractivity contribution is 6.30. The average molecular weight is 313 g/mol. The van der Waals surface area contributed by atoms with Crippen LogP contribution in [0.5, 0.6) is 0 Å². The van der Waals surface area contributed by atoms with Crippen molar-refractivity contribution in [2.45, 2.75) is 32.7 Å². The summed E-state index contributed by atoms with van der Waals surface area (Å²) in [6.45, 7) is 4.26. The van der Waals surface area contributed by atoms with Crippen molar-refractivity contribution in [1.29, 1.82) is 0 Å². The number of carbonyl (C=O) groups excluding carboxylic acids is 1. The Balaban J connectivity index is 2.35. The number of amides is 2. The summed E-state index contributed by atoms with van der Waals surface area (Å²) >= 11 is 5.79. The Morgan fingerprint density at radius 3 is 2.38 bits per heavy atom. The molecule has 6 heteroatoms. The number of carboxylic acids is 1. The normalized spacial score (nSPS) is 12.0. The lowest BCUT2D eigenvalue weighted by Gasteiger charge is -2.16. The van der Waals surface area contributed by atoms with E-state index in [1.54, 1.807) is 12.1 Å². The molecule has 2 amide bonds. The van der Waals surface area contributed by atoms with Gasteiger partial charge in [-0.05, 0) is 36.5 Å². The summed E-state index contributed by atoms with van der Waals surface area (Å²) in [6.07, 6.45) is 1.06. The minimum Gasteiger partial charge on any atom is -0.480 e. The van der Waals surface area contributed by atoms with Gasteiger partial charge in [0, 0.05) is 11.6 Å². The van der Waals surface area contributed by atoms with Crippen molar-refractivity contribution in [1.82, 2.24) is 10.6 Å². The molecule has 1 aromatic rings. The Kier molecular flexibility index (Phi) is 7.02. The lowest BCUT2D eigenvalue weighted by molar-refractivity contribution is -0.139. The molecule has 21 heavy (non-hydrogen) atoms. The smallest absolute Gasteiger partial charge is 0.326 e. The number of hydrogen-bond acceptors (Lipinski definition) is 2. The summed E-state index contributed by atoms with van der Waals surface area (Å²) in [7, 11) is 0. The molecule has 0 radical (unpaired) electrons. The first-order valence-electron chi connectivity index (χ1n) is 6.90. The number of urea groups is 1. The van der Waals surface area contributed by atoms with Crippen LogP contribution < -0.4 is 10.6 Å². The van der Waals surface area contributed by atoms with Crippen LogP contribution in [0.3, 0.4) is 0 Å². The number of rotatable bonds is 7. The maximum atomic E-state index is 11.7. The van der Waals surface area contributed by atoms with Gasteiger partial charge in [0.25, 0.3) is 0 Å². The third-order valence-electron chi connectivity index (χ3n) is 2.92. The molecule has 1 rings (SSSR count). The van der Waals surface area contributed by atoms with Crippen LogP contribution in [-0.4, -0.2) is 29.7 Å². The molecular formula is C15H21ClN2O3. The fourth-order valence-electron chi connectivity index (χ4n) is 1.87. The highest BCUT2D eigenvalue weighted by Gasteiger charge is 2.20. The SMILES string of the molecule is CC(C)C[C@@H](NC(=O)NCCc1ccc(Cl)cc1)C(=O)O. The van der Waals surface area contributed by atoms with Crippen LogP contribution in [0.15, 0.2) is 24.3 Å². The minimum atomic E-state index is -1.02. The molecule has 0 saturated heterocycles. The van der Waals surface area contributed by atoms with Crippen LogP contribution in [0.1, 0.15) is 25.8 Å². The Bertz CT molecular complexity index is 474. The van der Waals surface area contributed by atoms with Gasteiger partial charge in [0.15, 0.2) is 0 Å². The van der Waals surface area contributed by atoms with Crippen LogP contribution >= 0.6 is 11.6 Å². The van der Waals surface area contributed by atoms with Gasteiger partial charge >= 0.3 is 12.0 Å². The van der Waals surface area contributed by atoms with Crippen molar-refractivity contribution in [2.24, 2.45) is 5.92 Å². The number of nitrogens with one attached hydrogen (secondary N) is 2. The number of carbonyl (C=O) groups is 2. The van der Waals surface area contributed by atoms with E-state index < -0.39 is 18.0 Å². The molecule has 0 saturated carbocycles. The molecule has 0 aromatic heterocycles. The topological polar surface area (TPSA) is 78.4 Å². The fraction of sp³-hybridized carbons (Fsp3) is 0.467. The van der Waals surface area contributed by atoms with E-state index in [0.29, 0.717) is 24.4 Å². The van der Waals surface area contributed by atoms with Gasteiger partial charge in [-0.3, -0.25) is 0 Å². The number of carboxylic acid groups (broad SMARTS) is 1. The average Bonchev–Trinajstić information content (AvgIpc) is 2.39. The zero-order chi connectivity index (χ0) is 15.8. The van der Waals surface area contributed by atoms with Gasteiger partial charge in [-0.2, -0.15) is 0 Å². The van der Waals surface area contributed by atoms with E-state index in [0.717, 1.165) is 5.56 Å². The Labute approximate surface area is 129 Å². The fourth-order valence-corrected chi connectivity index (χ4v) is 2.00. The maximum Gasteiger partial charge on any atom is 0.326 e. The number of benzene rings is 1. The zero-order valence-corrected chi connectivity index (χ0v) is 13.0. The molecule has 0 unspecified atom stereocenters. The van der Waals surface area contributed by atoms with E-state index in [2.05, 4.69) is 10.6 Å². The molecule has 1 atom stereocenters. The molecule has 5 nitrogen and oxygen atoms in total. The quantitative estimate of drug-likeness (QED) is 0.724. The summed E-state index contributed by atoms with van der Waals surface area (Å²) in [5.74, 6) is -0.822. The van der Waals surface area contributed by atoms with Crippen molar-refractivity contribution in [2.75, 3.05) is 6.54 Å². The summed E-state index contributed by atoms with van der Waals surface area (Å²) in [6, 6.07) is 6.04. The van der Waals surface area contributed by atoms with Crippen molar-refractivity contribution >= 4 is 23.6 Å². The van der Waals surface area contributed by atoms with Gasteiger partial charge in [0.05, 0.1) is 0 Å². The van der Waals surface area contributed by atoms with E-state index >= 15 is 0 Å². The van der Waals surface area contributed by atoms with Crippen molar-refractivity contribution in [3.8, 4) is 0 Å². The number of hydrogen-bond donors (Lipinski definition) is 3. The Morgan fingerprint density at radius 2 is 1.86 bits per heavy atom. The third-order valence-corrected chi connectivity index (χ3v) is 3.17. The van der Waals surface area contributed by atoms with Crippen LogP contribution in [0.25, 0.3) is 0 Å². The molecule has 0 aliphatic carbocycles. The molecule has 0 heterocycles. The minimum absolute atomic E-state index is 0.195. The molecule has 0 bridgehead atoms.